The number of aromatic amines is 1. The lowest BCUT2D eigenvalue weighted by atomic mass is 9.90. The monoisotopic (exact) mass is 215 g/mol. The Balaban J connectivity index is 2.34. The Labute approximate surface area is 95.6 Å². The SMILES string of the molecule is C=CCCC(C)(O)c1ccc2[nH]ccc2c1. The Morgan fingerprint density at radius 1 is 1.44 bits per heavy atom. The van der Waals surface area contributed by atoms with E-state index in [0.717, 1.165) is 22.9 Å². The van der Waals surface area contributed by atoms with E-state index in [4.69, 9.17) is 0 Å². The van der Waals surface area contributed by atoms with Crippen molar-refractivity contribution in [3.05, 3.63) is 48.7 Å². The standard InChI is InChI=1S/C14H17NO/c1-3-4-8-14(2,16)12-5-6-13-11(10-12)7-9-15-13/h3,5-7,9-10,15-16H,1,4,8H2,2H3. The molecule has 84 valence electrons. The molecule has 2 nitrogen and oxygen atoms in total. The molecule has 0 aliphatic rings. The number of hydrogen-bond acceptors (Lipinski definition) is 1. The Kier molecular flexibility index (Phi) is 2.84. The molecule has 2 rings (SSSR count). The second kappa shape index (κ2) is 4.14. The van der Waals surface area contributed by atoms with Crippen LogP contribution in [0, 0.1) is 0 Å². The second-order valence-electron chi connectivity index (χ2n) is 4.38. The lowest BCUT2D eigenvalue weighted by molar-refractivity contribution is 0.0489. The molecule has 0 aliphatic heterocycles. The van der Waals surface area contributed by atoms with Crippen LogP contribution in [0.4, 0.5) is 0 Å². The van der Waals surface area contributed by atoms with Gasteiger partial charge in [-0.3, -0.25) is 0 Å². The maximum atomic E-state index is 10.4. The van der Waals surface area contributed by atoms with Gasteiger partial charge in [-0.25, -0.2) is 0 Å². The zero-order chi connectivity index (χ0) is 11.6. The first kappa shape index (κ1) is 11.0. The molecule has 1 unspecified atom stereocenters. The number of rotatable bonds is 4. The van der Waals surface area contributed by atoms with Gasteiger partial charge in [-0.05, 0) is 48.9 Å². The fraction of sp³-hybridized carbons (Fsp3) is 0.286. The maximum Gasteiger partial charge on any atom is 0.0871 e. The van der Waals surface area contributed by atoms with Crippen LogP contribution < -0.4 is 0 Å². The third kappa shape index (κ3) is 2.02. The van der Waals surface area contributed by atoms with Gasteiger partial charge in [0, 0.05) is 11.7 Å². The minimum atomic E-state index is -0.778. The summed E-state index contributed by atoms with van der Waals surface area (Å²) >= 11 is 0. The van der Waals surface area contributed by atoms with Crippen LogP contribution in [0.25, 0.3) is 10.9 Å². The highest BCUT2D eigenvalue weighted by atomic mass is 16.3. The number of aliphatic hydroxyl groups is 1. The Bertz CT molecular complexity index is 496. The average Bonchev–Trinajstić information content (AvgIpc) is 2.73. The van der Waals surface area contributed by atoms with Gasteiger partial charge in [0.25, 0.3) is 0 Å². The highest BCUT2D eigenvalue weighted by Crippen LogP contribution is 2.28. The third-order valence-electron chi connectivity index (χ3n) is 3.01. The molecule has 0 bridgehead atoms. The number of hydrogen-bond donors (Lipinski definition) is 2. The first-order chi connectivity index (χ1) is 7.63. The normalized spacial score (nSPS) is 14.9. The maximum absolute atomic E-state index is 10.4. The molecule has 0 amide bonds. The third-order valence-corrected chi connectivity index (χ3v) is 3.01. The van der Waals surface area contributed by atoms with E-state index in [0.29, 0.717) is 6.42 Å². The van der Waals surface area contributed by atoms with Crippen LogP contribution in [0.15, 0.2) is 43.1 Å². The lowest BCUT2D eigenvalue weighted by Crippen LogP contribution is -2.20. The van der Waals surface area contributed by atoms with Crippen molar-refractivity contribution < 1.29 is 5.11 Å². The van der Waals surface area contributed by atoms with Gasteiger partial charge in [-0.2, -0.15) is 0 Å². The summed E-state index contributed by atoms with van der Waals surface area (Å²) in [6, 6.07) is 8.03. The molecule has 1 aromatic carbocycles. The Hall–Kier alpha value is -1.54. The van der Waals surface area contributed by atoms with Gasteiger partial charge in [0.2, 0.25) is 0 Å². The molecule has 16 heavy (non-hydrogen) atoms. The van der Waals surface area contributed by atoms with E-state index in [-0.39, 0.29) is 0 Å². The summed E-state index contributed by atoms with van der Waals surface area (Å²) in [5, 5.41) is 11.5. The largest absolute Gasteiger partial charge is 0.385 e. The molecule has 1 aromatic heterocycles. The first-order valence-corrected chi connectivity index (χ1v) is 5.54. The van der Waals surface area contributed by atoms with E-state index in [2.05, 4.69) is 11.6 Å². The van der Waals surface area contributed by atoms with Crippen molar-refractivity contribution in [1.29, 1.82) is 0 Å². The Morgan fingerprint density at radius 3 is 3.00 bits per heavy atom. The van der Waals surface area contributed by atoms with Crippen LogP contribution >= 0.6 is 0 Å². The molecule has 0 spiro atoms. The van der Waals surface area contributed by atoms with Crippen LogP contribution in [0.3, 0.4) is 0 Å². The molecular weight excluding hydrogens is 198 g/mol. The summed E-state index contributed by atoms with van der Waals surface area (Å²) in [6.45, 7) is 5.53. The van der Waals surface area contributed by atoms with Crippen molar-refractivity contribution >= 4 is 10.9 Å². The van der Waals surface area contributed by atoms with Crippen LogP contribution in [-0.4, -0.2) is 10.1 Å². The number of fused-ring (bicyclic) bond motifs is 1. The molecule has 2 N–H and O–H groups in total. The van der Waals surface area contributed by atoms with E-state index in [1.54, 1.807) is 0 Å². The molecule has 0 aliphatic carbocycles. The fourth-order valence-corrected chi connectivity index (χ4v) is 1.92. The van der Waals surface area contributed by atoms with Crippen LogP contribution in [-0.2, 0) is 5.60 Å². The van der Waals surface area contributed by atoms with Gasteiger partial charge < -0.3 is 10.1 Å². The van der Waals surface area contributed by atoms with E-state index >= 15 is 0 Å². The minimum absolute atomic E-state index is 0.701. The number of benzene rings is 1. The summed E-state index contributed by atoms with van der Waals surface area (Å²) in [7, 11) is 0. The number of aromatic nitrogens is 1. The van der Waals surface area contributed by atoms with Gasteiger partial charge in [-0.15, -0.1) is 6.58 Å². The molecule has 2 aromatic rings. The summed E-state index contributed by atoms with van der Waals surface area (Å²) in [5.74, 6) is 0. The van der Waals surface area contributed by atoms with E-state index in [1.165, 1.54) is 0 Å². The lowest BCUT2D eigenvalue weighted by Gasteiger charge is -2.23. The molecule has 2 heteroatoms. The summed E-state index contributed by atoms with van der Waals surface area (Å²) in [5.41, 5.74) is 1.28. The molecule has 0 radical (unpaired) electrons. The van der Waals surface area contributed by atoms with Gasteiger partial charge in [0.1, 0.15) is 0 Å². The van der Waals surface area contributed by atoms with Crippen LogP contribution in [0.2, 0.25) is 0 Å². The van der Waals surface area contributed by atoms with Crippen molar-refractivity contribution in [3.8, 4) is 0 Å². The van der Waals surface area contributed by atoms with Crippen LogP contribution in [0.1, 0.15) is 25.3 Å². The summed E-state index contributed by atoms with van der Waals surface area (Å²) in [4.78, 5) is 3.14. The predicted molar refractivity (Wildman–Crippen MR) is 67.3 cm³/mol. The zero-order valence-electron chi connectivity index (χ0n) is 9.53. The van der Waals surface area contributed by atoms with Gasteiger partial charge in [0.05, 0.1) is 5.60 Å². The average molecular weight is 215 g/mol. The molecule has 0 fully saturated rings. The molecular formula is C14H17NO. The van der Waals surface area contributed by atoms with Crippen molar-refractivity contribution in [1.82, 2.24) is 4.98 Å². The Morgan fingerprint density at radius 2 is 2.25 bits per heavy atom. The quantitative estimate of drug-likeness (QED) is 0.754. The number of nitrogens with one attached hydrogen (secondary N) is 1. The van der Waals surface area contributed by atoms with E-state index < -0.39 is 5.60 Å². The smallest absolute Gasteiger partial charge is 0.0871 e. The van der Waals surface area contributed by atoms with Gasteiger partial charge in [0.15, 0.2) is 0 Å². The highest BCUT2D eigenvalue weighted by molar-refractivity contribution is 5.80. The van der Waals surface area contributed by atoms with Crippen molar-refractivity contribution in [2.75, 3.05) is 0 Å². The van der Waals surface area contributed by atoms with E-state index in [9.17, 15) is 5.11 Å². The molecule has 1 atom stereocenters. The van der Waals surface area contributed by atoms with Gasteiger partial charge >= 0.3 is 0 Å². The second-order valence-corrected chi connectivity index (χ2v) is 4.38. The van der Waals surface area contributed by atoms with Crippen LogP contribution in [0.5, 0.6) is 0 Å². The fourth-order valence-electron chi connectivity index (χ4n) is 1.92. The molecule has 0 saturated carbocycles. The van der Waals surface area contributed by atoms with Crippen molar-refractivity contribution in [2.45, 2.75) is 25.4 Å². The van der Waals surface area contributed by atoms with Crippen molar-refractivity contribution in [2.24, 2.45) is 0 Å². The minimum Gasteiger partial charge on any atom is -0.385 e. The first-order valence-electron chi connectivity index (χ1n) is 5.54. The molecule has 1 heterocycles. The predicted octanol–water partition coefficient (Wildman–Crippen LogP) is 3.34. The summed E-state index contributed by atoms with van der Waals surface area (Å²) in [6.07, 6.45) is 5.26. The zero-order valence-corrected chi connectivity index (χ0v) is 9.53. The number of allylic oxidation sites excluding steroid dienone is 1. The molecule has 0 saturated heterocycles. The van der Waals surface area contributed by atoms with Crippen molar-refractivity contribution in [3.63, 3.8) is 0 Å². The van der Waals surface area contributed by atoms with Gasteiger partial charge in [-0.1, -0.05) is 12.1 Å². The summed E-state index contributed by atoms with van der Waals surface area (Å²) < 4.78 is 0. The van der Waals surface area contributed by atoms with E-state index in [1.807, 2.05) is 43.5 Å². The number of H-pyrrole nitrogens is 1. The topological polar surface area (TPSA) is 36.0 Å². The highest BCUT2D eigenvalue weighted by Gasteiger charge is 2.22.